The Morgan fingerprint density at radius 1 is 1.69 bits per heavy atom. The van der Waals surface area contributed by atoms with Crippen LogP contribution in [-0.4, -0.2) is 21.0 Å². The predicted octanol–water partition coefficient (Wildman–Crippen LogP) is 1.75. The molecule has 72 valence electrons. The maximum atomic E-state index is 10.3. The Bertz CT molecular complexity index is 309. The number of aryl methyl sites for hydroxylation is 2. The number of aromatic nitrogens is 2. The third-order valence-corrected chi connectivity index (χ3v) is 2.36. The number of imidazole rings is 1. The first-order chi connectivity index (χ1) is 6.13. The molecular formula is C8H11BrN2O2. The average molecular weight is 247 g/mol. The van der Waals surface area contributed by atoms with Crippen molar-refractivity contribution in [3.63, 3.8) is 0 Å². The third kappa shape index (κ3) is 2.84. The molecule has 0 aliphatic rings. The van der Waals surface area contributed by atoms with Gasteiger partial charge in [-0.3, -0.25) is 4.79 Å². The van der Waals surface area contributed by atoms with Gasteiger partial charge in [-0.1, -0.05) is 6.92 Å². The van der Waals surface area contributed by atoms with Gasteiger partial charge in [-0.2, -0.15) is 0 Å². The number of halogens is 1. The molecule has 1 heterocycles. The Kier molecular flexibility index (Phi) is 3.48. The van der Waals surface area contributed by atoms with E-state index in [4.69, 9.17) is 5.11 Å². The van der Waals surface area contributed by atoms with Crippen LogP contribution in [0.3, 0.4) is 0 Å². The van der Waals surface area contributed by atoms with Gasteiger partial charge in [0.25, 0.3) is 0 Å². The second kappa shape index (κ2) is 4.41. The van der Waals surface area contributed by atoms with Crippen LogP contribution in [0, 0.1) is 0 Å². The first kappa shape index (κ1) is 10.2. The van der Waals surface area contributed by atoms with Crippen molar-refractivity contribution < 1.29 is 9.90 Å². The van der Waals surface area contributed by atoms with Crippen molar-refractivity contribution in [2.24, 2.45) is 0 Å². The van der Waals surface area contributed by atoms with E-state index in [1.807, 2.05) is 6.92 Å². The highest BCUT2D eigenvalue weighted by molar-refractivity contribution is 9.10. The molecule has 13 heavy (non-hydrogen) atoms. The predicted molar refractivity (Wildman–Crippen MR) is 51.6 cm³/mol. The molecule has 0 radical (unpaired) electrons. The van der Waals surface area contributed by atoms with E-state index in [-0.39, 0.29) is 6.42 Å². The standard InChI is InChI=1S/C8H11BrN2O2/c1-2-5-8(9)11-6(10-5)3-4-7(12)13/h2-4H2,1H3,(H,10,11)(H,12,13). The van der Waals surface area contributed by atoms with E-state index in [9.17, 15) is 4.79 Å². The number of carbonyl (C=O) groups is 1. The zero-order chi connectivity index (χ0) is 9.84. The molecule has 2 N–H and O–H groups in total. The summed E-state index contributed by atoms with van der Waals surface area (Å²) in [6.07, 6.45) is 1.43. The van der Waals surface area contributed by atoms with Crippen molar-refractivity contribution in [3.05, 3.63) is 16.1 Å². The van der Waals surface area contributed by atoms with Gasteiger partial charge in [-0.05, 0) is 22.4 Å². The number of nitrogens with one attached hydrogen (secondary N) is 1. The molecule has 0 aliphatic carbocycles. The lowest BCUT2D eigenvalue weighted by atomic mass is 10.3. The summed E-state index contributed by atoms with van der Waals surface area (Å²) in [6, 6.07) is 0. The summed E-state index contributed by atoms with van der Waals surface area (Å²) in [7, 11) is 0. The van der Waals surface area contributed by atoms with Crippen molar-refractivity contribution in [3.8, 4) is 0 Å². The largest absolute Gasteiger partial charge is 0.481 e. The van der Waals surface area contributed by atoms with Gasteiger partial charge in [0.1, 0.15) is 10.4 Å². The van der Waals surface area contributed by atoms with E-state index in [2.05, 4.69) is 25.9 Å². The summed E-state index contributed by atoms with van der Waals surface area (Å²) in [4.78, 5) is 17.5. The summed E-state index contributed by atoms with van der Waals surface area (Å²) in [5, 5.41) is 8.45. The molecule has 1 aromatic heterocycles. The second-order valence-corrected chi connectivity index (χ2v) is 3.45. The van der Waals surface area contributed by atoms with E-state index in [0.717, 1.165) is 22.5 Å². The molecule has 0 fully saturated rings. The van der Waals surface area contributed by atoms with Crippen LogP contribution in [0.5, 0.6) is 0 Å². The van der Waals surface area contributed by atoms with Crippen molar-refractivity contribution in [2.75, 3.05) is 0 Å². The van der Waals surface area contributed by atoms with Gasteiger partial charge < -0.3 is 10.1 Å². The molecule has 1 aromatic rings. The van der Waals surface area contributed by atoms with Crippen LogP contribution >= 0.6 is 15.9 Å². The lowest BCUT2D eigenvalue weighted by Gasteiger charge is -1.91. The molecule has 4 nitrogen and oxygen atoms in total. The number of rotatable bonds is 4. The highest BCUT2D eigenvalue weighted by atomic mass is 79.9. The summed E-state index contributed by atoms with van der Waals surface area (Å²) >= 11 is 3.29. The van der Waals surface area contributed by atoms with Gasteiger partial charge in [0, 0.05) is 12.1 Å². The number of hydrogen-bond acceptors (Lipinski definition) is 2. The minimum absolute atomic E-state index is 0.114. The number of aromatic amines is 1. The van der Waals surface area contributed by atoms with E-state index < -0.39 is 5.97 Å². The lowest BCUT2D eigenvalue weighted by molar-refractivity contribution is -0.137. The molecule has 0 aromatic carbocycles. The Balaban J connectivity index is 2.62. The maximum absolute atomic E-state index is 10.3. The van der Waals surface area contributed by atoms with Crippen LogP contribution in [0.25, 0.3) is 0 Å². The van der Waals surface area contributed by atoms with Crippen molar-refractivity contribution in [2.45, 2.75) is 26.2 Å². The Hall–Kier alpha value is -0.840. The third-order valence-electron chi connectivity index (χ3n) is 1.71. The van der Waals surface area contributed by atoms with Crippen LogP contribution in [0.15, 0.2) is 4.60 Å². The summed E-state index contributed by atoms with van der Waals surface area (Å²) in [6.45, 7) is 2.01. The molecule has 0 saturated heterocycles. The zero-order valence-electron chi connectivity index (χ0n) is 7.30. The maximum Gasteiger partial charge on any atom is 0.303 e. The molecule has 0 bridgehead atoms. The topological polar surface area (TPSA) is 66.0 Å². The van der Waals surface area contributed by atoms with Crippen LogP contribution in [0.4, 0.5) is 0 Å². The number of H-pyrrole nitrogens is 1. The Labute approximate surface area is 84.5 Å². The number of nitrogens with zero attached hydrogens (tertiary/aromatic N) is 1. The summed E-state index contributed by atoms with van der Waals surface area (Å²) < 4.78 is 0.787. The van der Waals surface area contributed by atoms with Crippen molar-refractivity contribution >= 4 is 21.9 Å². The van der Waals surface area contributed by atoms with Gasteiger partial charge in [0.15, 0.2) is 0 Å². The van der Waals surface area contributed by atoms with Crippen LogP contribution < -0.4 is 0 Å². The quantitative estimate of drug-likeness (QED) is 0.851. The fraction of sp³-hybridized carbons (Fsp3) is 0.500. The SMILES string of the molecule is CCc1[nH]c(CCC(=O)O)nc1Br. The first-order valence-electron chi connectivity index (χ1n) is 4.08. The highest BCUT2D eigenvalue weighted by Crippen LogP contribution is 2.14. The van der Waals surface area contributed by atoms with Crippen LogP contribution in [0.1, 0.15) is 24.9 Å². The van der Waals surface area contributed by atoms with Crippen LogP contribution in [0.2, 0.25) is 0 Å². The summed E-state index contributed by atoms with van der Waals surface area (Å²) in [5.41, 5.74) is 1.01. The van der Waals surface area contributed by atoms with E-state index >= 15 is 0 Å². The minimum atomic E-state index is -0.800. The fourth-order valence-corrected chi connectivity index (χ4v) is 1.61. The first-order valence-corrected chi connectivity index (χ1v) is 4.87. The van der Waals surface area contributed by atoms with Gasteiger partial charge in [-0.25, -0.2) is 4.98 Å². The molecule has 0 saturated carbocycles. The van der Waals surface area contributed by atoms with Gasteiger partial charge in [0.05, 0.1) is 6.42 Å². The van der Waals surface area contributed by atoms with E-state index in [0.29, 0.717) is 6.42 Å². The molecule has 0 unspecified atom stereocenters. The van der Waals surface area contributed by atoms with Crippen molar-refractivity contribution in [1.82, 2.24) is 9.97 Å². The molecule has 0 aliphatic heterocycles. The van der Waals surface area contributed by atoms with Gasteiger partial charge in [-0.15, -0.1) is 0 Å². The molecule has 1 rings (SSSR count). The smallest absolute Gasteiger partial charge is 0.303 e. The number of carboxylic acids is 1. The Morgan fingerprint density at radius 3 is 2.85 bits per heavy atom. The van der Waals surface area contributed by atoms with E-state index in [1.165, 1.54) is 0 Å². The highest BCUT2D eigenvalue weighted by Gasteiger charge is 2.07. The monoisotopic (exact) mass is 246 g/mol. The molecule has 0 spiro atoms. The zero-order valence-corrected chi connectivity index (χ0v) is 8.89. The van der Waals surface area contributed by atoms with E-state index in [1.54, 1.807) is 0 Å². The molecule has 5 heteroatoms. The molecular weight excluding hydrogens is 236 g/mol. The molecule has 0 atom stereocenters. The minimum Gasteiger partial charge on any atom is -0.481 e. The number of aliphatic carboxylic acids is 1. The molecule has 0 amide bonds. The second-order valence-electron chi connectivity index (χ2n) is 2.70. The average Bonchev–Trinajstić information content (AvgIpc) is 2.43. The van der Waals surface area contributed by atoms with Gasteiger partial charge >= 0.3 is 5.97 Å². The van der Waals surface area contributed by atoms with Gasteiger partial charge in [0.2, 0.25) is 0 Å². The van der Waals surface area contributed by atoms with Crippen LogP contribution in [-0.2, 0) is 17.6 Å². The number of hydrogen-bond donors (Lipinski definition) is 2. The summed E-state index contributed by atoms with van der Waals surface area (Å²) in [5.74, 6) is -0.0725. The number of carboxylic acid groups (broad SMARTS) is 1. The Morgan fingerprint density at radius 2 is 2.38 bits per heavy atom. The fourth-order valence-electron chi connectivity index (χ4n) is 1.02. The normalized spacial score (nSPS) is 10.3. The van der Waals surface area contributed by atoms with Crippen molar-refractivity contribution in [1.29, 1.82) is 0 Å². The lowest BCUT2D eigenvalue weighted by Crippen LogP contribution is -1.98.